The highest BCUT2D eigenvalue weighted by Crippen LogP contribution is 2.23. The summed E-state index contributed by atoms with van der Waals surface area (Å²) in [7, 11) is 0. The monoisotopic (exact) mass is 281 g/mol. The molecule has 0 N–H and O–H groups in total. The first kappa shape index (κ1) is 15.1. The molecule has 0 unspecified atom stereocenters. The van der Waals surface area contributed by atoms with Gasteiger partial charge in [-0.1, -0.05) is 0 Å². The lowest BCUT2D eigenvalue weighted by atomic mass is 10.2. The second-order valence-electron chi connectivity index (χ2n) is 4.21. The van der Waals surface area contributed by atoms with E-state index in [1.807, 2.05) is 0 Å². The number of carbonyl (C=O) groups excluding carboxylic acids is 1. The molecule has 0 aliphatic heterocycles. The fraction of sp³-hybridized carbons (Fsp3) is 0.583. The van der Waals surface area contributed by atoms with E-state index in [1.54, 1.807) is 24.5 Å². The van der Waals surface area contributed by atoms with Crippen LogP contribution in [0.1, 0.15) is 34.6 Å². The van der Waals surface area contributed by atoms with Crippen molar-refractivity contribution in [2.24, 2.45) is 0 Å². The van der Waals surface area contributed by atoms with Crippen LogP contribution in [0.2, 0.25) is 0 Å². The molecule has 0 radical (unpaired) electrons. The second kappa shape index (κ2) is 5.78. The molecule has 0 spiro atoms. The Balaban J connectivity index is 2.78. The number of hydrogen-bond donors (Lipinski definition) is 0. The zero-order valence-corrected chi connectivity index (χ0v) is 11.0. The van der Waals surface area contributed by atoms with E-state index in [0.717, 1.165) is 5.69 Å². The molecule has 102 valence electrons. The largest absolute Gasteiger partial charge is 0.389 e. The molecular weight excluding hydrogens is 267 g/mol. The molecule has 6 heteroatoms. The molecule has 0 saturated carbocycles. The van der Waals surface area contributed by atoms with Gasteiger partial charge >= 0.3 is 6.18 Å². The molecule has 18 heavy (non-hydrogen) atoms. The van der Waals surface area contributed by atoms with Crippen molar-refractivity contribution in [1.82, 2.24) is 4.57 Å². The molecule has 0 atom stereocenters. The van der Waals surface area contributed by atoms with Crippen molar-refractivity contribution in [3.63, 3.8) is 0 Å². The van der Waals surface area contributed by atoms with Gasteiger partial charge in [-0.3, -0.25) is 4.79 Å². The van der Waals surface area contributed by atoms with E-state index >= 15 is 0 Å². The summed E-state index contributed by atoms with van der Waals surface area (Å²) in [6.07, 6.45) is -4.94. The minimum atomic E-state index is -4.14. The Hall–Kier alpha value is -0.970. The maximum atomic E-state index is 12.1. The van der Waals surface area contributed by atoms with Gasteiger partial charge in [0.1, 0.15) is 0 Å². The lowest BCUT2D eigenvalue weighted by molar-refractivity contribution is -0.135. The van der Waals surface area contributed by atoms with Crippen LogP contribution in [-0.2, 0) is 6.54 Å². The van der Waals surface area contributed by atoms with E-state index < -0.39 is 12.6 Å². The molecule has 0 aliphatic rings. The maximum absolute atomic E-state index is 12.1. The first-order valence-corrected chi connectivity index (χ1v) is 6.12. The van der Waals surface area contributed by atoms with Gasteiger partial charge in [0.15, 0.2) is 5.78 Å². The average molecular weight is 282 g/mol. The Morgan fingerprint density at radius 1 is 1.39 bits per heavy atom. The van der Waals surface area contributed by atoms with Crippen LogP contribution in [0.5, 0.6) is 0 Å². The first-order valence-electron chi connectivity index (χ1n) is 5.59. The van der Waals surface area contributed by atoms with Gasteiger partial charge in [-0.05, 0) is 26.3 Å². The Kier molecular flexibility index (Phi) is 4.85. The number of Topliss-reactive ketones (excluding diaryl/α,β-unsaturated/α-hetero) is 1. The lowest BCUT2D eigenvalue weighted by Gasteiger charge is -2.11. The third-order valence-corrected chi connectivity index (χ3v) is 3.08. The molecule has 0 amide bonds. The van der Waals surface area contributed by atoms with Gasteiger partial charge in [-0.2, -0.15) is 13.2 Å². The number of halogens is 4. The predicted molar refractivity (Wildman–Crippen MR) is 64.2 cm³/mol. The van der Waals surface area contributed by atoms with Crippen LogP contribution in [0.3, 0.4) is 0 Å². The fourth-order valence-electron chi connectivity index (χ4n) is 1.94. The van der Waals surface area contributed by atoms with E-state index in [-0.39, 0.29) is 24.6 Å². The van der Waals surface area contributed by atoms with Crippen LogP contribution < -0.4 is 0 Å². The molecule has 1 aromatic heterocycles. The summed E-state index contributed by atoms with van der Waals surface area (Å²) in [5.41, 5.74) is 1.96. The zero-order chi connectivity index (χ0) is 13.9. The van der Waals surface area contributed by atoms with Gasteiger partial charge < -0.3 is 4.57 Å². The van der Waals surface area contributed by atoms with Crippen LogP contribution in [0.4, 0.5) is 13.2 Å². The number of nitrogens with zero attached hydrogens (tertiary/aromatic N) is 1. The molecule has 0 aliphatic carbocycles. The molecular formula is C12H15ClF3NO. The SMILES string of the molecule is Cc1cc(C(=O)CCl)c(C)n1CCCC(F)(F)F. The topological polar surface area (TPSA) is 22.0 Å². The van der Waals surface area contributed by atoms with Crippen LogP contribution in [-0.4, -0.2) is 22.4 Å². The number of carbonyl (C=O) groups is 1. The van der Waals surface area contributed by atoms with Gasteiger partial charge in [-0.15, -0.1) is 11.6 Å². The highest BCUT2D eigenvalue weighted by molar-refractivity contribution is 6.30. The van der Waals surface area contributed by atoms with Gasteiger partial charge in [-0.25, -0.2) is 0 Å². The van der Waals surface area contributed by atoms with Gasteiger partial charge in [0.2, 0.25) is 0 Å². The number of hydrogen-bond acceptors (Lipinski definition) is 1. The summed E-state index contributed by atoms with van der Waals surface area (Å²) in [6.45, 7) is 3.75. The van der Waals surface area contributed by atoms with Crippen LogP contribution >= 0.6 is 11.6 Å². The minimum absolute atomic E-state index is 0.00830. The lowest BCUT2D eigenvalue weighted by Crippen LogP contribution is -2.11. The van der Waals surface area contributed by atoms with E-state index in [4.69, 9.17) is 11.6 Å². The van der Waals surface area contributed by atoms with Crippen LogP contribution in [0, 0.1) is 13.8 Å². The van der Waals surface area contributed by atoms with Crippen molar-refractivity contribution >= 4 is 17.4 Å². The third-order valence-electron chi connectivity index (χ3n) is 2.84. The summed E-state index contributed by atoms with van der Waals surface area (Å²) in [4.78, 5) is 11.5. The second-order valence-corrected chi connectivity index (χ2v) is 4.48. The van der Waals surface area contributed by atoms with Gasteiger partial charge in [0.05, 0.1) is 5.88 Å². The summed E-state index contributed by atoms with van der Waals surface area (Å²) < 4.78 is 37.9. The van der Waals surface area contributed by atoms with Crippen molar-refractivity contribution < 1.29 is 18.0 Å². The van der Waals surface area contributed by atoms with Crippen molar-refractivity contribution in [1.29, 1.82) is 0 Å². The normalized spacial score (nSPS) is 11.9. The number of ketones is 1. The van der Waals surface area contributed by atoms with E-state index in [0.29, 0.717) is 11.3 Å². The fourth-order valence-corrected chi connectivity index (χ4v) is 2.08. The Bertz CT molecular complexity index is 437. The Morgan fingerprint density at radius 3 is 2.50 bits per heavy atom. The standard InChI is InChI=1S/C12H15ClF3NO/c1-8-6-10(11(18)7-13)9(2)17(8)5-3-4-12(14,15)16/h6H,3-5,7H2,1-2H3. The highest BCUT2D eigenvalue weighted by atomic mass is 35.5. The molecule has 0 saturated heterocycles. The van der Waals surface area contributed by atoms with Crippen molar-refractivity contribution in [2.75, 3.05) is 5.88 Å². The Morgan fingerprint density at radius 2 is 2.00 bits per heavy atom. The third kappa shape index (κ3) is 3.77. The van der Waals surface area contributed by atoms with E-state index in [2.05, 4.69) is 0 Å². The number of aromatic nitrogens is 1. The van der Waals surface area contributed by atoms with Gasteiger partial charge in [0.25, 0.3) is 0 Å². The molecule has 0 bridgehead atoms. The maximum Gasteiger partial charge on any atom is 0.389 e. The summed E-state index contributed by atoms with van der Waals surface area (Å²) in [5.74, 6) is -0.320. The molecule has 0 fully saturated rings. The quantitative estimate of drug-likeness (QED) is 0.593. The highest BCUT2D eigenvalue weighted by Gasteiger charge is 2.26. The molecule has 1 rings (SSSR count). The molecule has 1 heterocycles. The van der Waals surface area contributed by atoms with Crippen molar-refractivity contribution in [3.8, 4) is 0 Å². The summed E-state index contributed by atoms with van der Waals surface area (Å²) in [6, 6.07) is 1.67. The van der Waals surface area contributed by atoms with Crippen LogP contribution in [0.25, 0.3) is 0 Å². The first-order chi connectivity index (χ1) is 8.26. The Labute approximate surface area is 109 Å². The average Bonchev–Trinajstić information content (AvgIpc) is 2.54. The number of rotatable bonds is 5. The number of alkyl halides is 4. The molecule has 0 aromatic carbocycles. The predicted octanol–water partition coefficient (Wildman–Crippen LogP) is 3.87. The zero-order valence-electron chi connectivity index (χ0n) is 10.3. The molecule has 2 nitrogen and oxygen atoms in total. The van der Waals surface area contributed by atoms with E-state index in [9.17, 15) is 18.0 Å². The van der Waals surface area contributed by atoms with Crippen molar-refractivity contribution in [3.05, 3.63) is 23.0 Å². The van der Waals surface area contributed by atoms with Gasteiger partial charge in [0, 0.05) is 29.9 Å². The summed E-state index contributed by atoms with van der Waals surface area (Å²) >= 11 is 5.48. The summed E-state index contributed by atoms with van der Waals surface area (Å²) in [5, 5.41) is 0. The van der Waals surface area contributed by atoms with E-state index in [1.165, 1.54) is 0 Å². The number of aryl methyl sites for hydroxylation is 1. The minimum Gasteiger partial charge on any atom is -0.348 e. The van der Waals surface area contributed by atoms with Crippen molar-refractivity contribution in [2.45, 2.75) is 39.4 Å². The molecule has 1 aromatic rings. The van der Waals surface area contributed by atoms with Crippen LogP contribution in [0.15, 0.2) is 6.07 Å². The smallest absolute Gasteiger partial charge is 0.348 e.